The molecule has 0 radical (unpaired) electrons. The van der Waals surface area contributed by atoms with Gasteiger partial charge in [0.25, 0.3) is 0 Å². The summed E-state index contributed by atoms with van der Waals surface area (Å²) >= 11 is 1.64. The molecule has 21 heavy (non-hydrogen) atoms. The van der Waals surface area contributed by atoms with Crippen LogP contribution in [-0.4, -0.2) is 33.9 Å². The molecule has 1 fully saturated rings. The lowest BCUT2D eigenvalue weighted by atomic mass is 9.94. The Kier molecular flexibility index (Phi) is 4.29. The largest absolute Gasteiger partial charge is 0.342 e. The number of carbonyl (C=O) groups excluding carboxylic acids is 1. The van der Waals surface area contributed by atoms with Crippen LogP contribution in [0, 0.1) is 6.92 Å². The summed E-state index contributed by atoms with van der Waals surface area (Å²) in [6.07, 6.45) is 4.46. The Morgan fingerprint density at radius 1 is 1.48 bits per heavy atom. The molecule has 4 nitrogen and oxygen atoms in total. The smallest absolute Gasteiger partial charge is 0.227 e. The lowest BCUT2D eigenvalue weighted by molar-refractivity contribution is -0.131. The van der Waals surface area contributed by atoms with Crippen molar-refractivity contribution in [1.82, 2.24) is 14.9 Å². The molecule has 2 aromatic heterocycles. The highest BCUT2D eigenvalue weighted by atomic mass is 32.1. The van der Waals surface area contributed by atoms with Crippen molar-refractivity contribution in [1.29, 1.82) is 0 Å². The molecule has 0 N–H and O–H groups in total. The summed E-state index contributed by atoms with van der Waals surface area (Å²) in [6.45, 7) is 3.55. The standard InChI is InChI=1S/C16H19N3OS/c1-12-17-6-4-15(18-12)14-3-2-7-19(10-14)16(20)9-13-5-8-21-11-13/h4-6,8,11,14H,2-3,7,9-10H2,1H3/t14-/m1/s1. The Morgan fingerprint density at radius 2 is 2.38 bits per heavy atom. The number of thiophene rings is 1. The van der Waals surface area contributed by atoms with Gasteiger partial charge < -0.3 is 4.90 Å². The second-order valence-corrected chi connectivity index (χ2v) is 6.30. The van der Waals surface area contributed by atoms with E-state index in [2.05, 4.69) is 9.97 Å². The molecular weight excluding hydrogens is 282 g/mol. The number of aromatic nitrogens is 2. The highest BCUT2D eigenvalue weighted by Gasteiger charge is 2.25. The van der Waals surface area contributed by atoms with Crippen molar-refractivity contribution in [2.75, 3.05) is 13.1 Å². The SMILES string of the molecule is Cc1nccc([C@@H]2CCCN(C(=O)Cc3ccsc3)C2)n1. The highest BCUT2D eigenvalue weighted by Crippen LogP contribution is 2.26. The van der Waals surface area contributed by atoms with E-state index >= 15 is 0 Å². The molecule has 0 unspecified atom stereocenters. The molecule has 3 rings (SSSR count). The summed E-state index contributed by atoms with van der Waals surface area (Å²) in [6, 6.07) is 4.00. The van der Waals surface area contributed by atoms with Gasteiger partial charge in [-0.05, 0) is 48.2 Å². The van der Waals surface area contributed by atoms with Crippen molar-refractivity contribution < 1.29 is 4.79 Å². The van der Waals surface area contributed by atoms with E-state index in [4.69, 9.17) is 0 Å². The van der Waals surface area contributed by atoms with E-state index in [1.807, 2.05) is 40.9 Å². The summed E-state index contributed by atoms with van der Waals surface area (Å²) in [5, 5.41) is 4.07. The predicted molar refractivity (Wildman–Crippen MR) is 83.3 cm³/mol. The molecule has 0 aromatic carbocycles. The number of hydrogen-bond donors (Lipinski definition) is 0. The molecule has 110 valence electrons. The first-order valence-electron chi connectivity index (χ1n) is 7.31. The minimum atomic E-state index is 0.226. The maximum atomic E-state index is 12.4. The predicted octanol–water partition coefficient (Wildman–Crippen LogP) is 2.80. The quantitative estimate of drug-likeness (QED) is 0.876. The Hall–Kier alpha value is -1.75. The van der Waals surface area contributed by atoms with Gasteiger partial charge in [0.2, 0.25) is 5.91 Å². The molecule has 1 aliphatic rings. The third-order valence-corrected chi connectivity index (χ3v) is 4.66. The van der Waals surface area contributed by atoms with E-state index < -0.39 is 0 Å². The Bertz CT molecular complexity index is 612. The Morgan fingerprint density at radius 3 is 3.14 bits per heavy atom. The van der Waals surface area contributed by atoms with Crippen LogP contribution in [0.15, 0.2) is 29.1 Å². The van der Waals surface area contributed by atoms with Gasteiger partial charge in [-0.2, -0.15) is 11.3 Å². The zero-order valence-electron chi connectivity index (χ0n) is 12.2. The van der Waals surface area contributed by atoms with Gasteiger partial charge >= 0.3 is 0 Å². The van der Waals surface area contributed by atoms with Gasteiger partial charge in [-0.25, -0.2) is 9.97 Å². The Balaban J connectivity index is 1.66. The third-order valence-electron chi connectivity index (χ3n) is 3.93. The molecule has 0 aliphatic carbocycles. The first-order valence-corrected chi connectivity index (χ1v) is 8.25. The molecular formula is C16H19N3OS. The molecule has 5 heteroatoms. The van der Waals surface area contributed by atoms with Gasteiger partial charge in [0.1, 0.15) is 5.82 Å². The van der Waals surface area contributed by atoms with Gasteiger partial charge in [0, 0.05) is 30.9 Å². The number of likely N-dealkylation sites (tertiary alicyclic amines) is 1. The number of rotatable bonds is 3. The molecule has 2 aromatic rings. The van der Waals surface area contributed by atoms with Crippen LogP contribution in [0.4, 0.5) is 0 Å². The van der Waals surface area contributed by atoms with Crippen LogP contribution in [0.1, 0.15) is 35.8 Å². The molecule has 1 atom stereocenters. The average Bonchev–Trinajstić information content (AvgIpc) is 3.00. The summed E-state index contributed by atoms with van der Waals surface area (Å²) in [7, 11) is 0. The minimum Gasteiger partial charge on any atom is -0.342 e. The number of carbonyl (C=O) groups is 1. The van der Waals surface area contributed by atoms with E-state index in [0.717, 1.165) is 43.0 Å². The van der Waals surface area contributed by atoms with Crippen molar-refractivity contribution >= 4 is 17.2 Å². The topological polar surface area (TPSA) is 46.1 Å². The fourth-order valence-electron chi connectivity index (χ4n) is 2.83. The minimum absolute atomic E-state index is 0.226. The van der Waals surface area contributed by atoms with Crippen molar-refractivity contribution in [3.63, 3.8) is 0 Å². The number of piperidine rings is 1. The summed E-state index contributed by atoms with van der Waals surface area (Å²) in [4.78, 5) is 23.1. The maximum Gasteiger partial charge on any atom is 0.227 e. The van der Waals surface area contributed by atoms with E-state index in [0.29, 0.717) is 12.3 Å². The van der Waals surface area contributed by atoms with Crippen LogP contribution in [0.5, 0.6) is 0 Å². The van der Waals surface area contributed by atoms with Crippen LogP contribution < -0.4 is 0 Å². The monoisotopic (exact) mass is 301 g/mol. The van der Waals surface area contributed by atoms with Crippen LogP contribution in [-0.2, 0) is 11.2 Å². The molecule has 3 heterocycles. The molecule has 0 bridgehead atoms. The molecule has 1 aliphatic heterocycles. The van der Waals surface area contributed by atoms with E-state index in [1.165, 1.54) is 0 Å². The van der Waals surface area contributed by atoms with Crippen molar-refractivity contribution in [3.05, 3.63) is 46.2 Å². The summed E-state index contributed by atoms with van der Waals surface area (Å²) < 4.78 is 0. The fraction of sp³-hybridized carbons (Fsp3) is 0.438. The molecule has 0 saturated carbocycles. The van der Waals surface area contributed by atoms with E-state index in [9.17, 15) is 4.79 Å². The highest BCUT2D eigenvalue weighted by molar-refractivity contribution is 7.07. The fourth-order valence-corrected chi connectivity index (χ4v) is 3.50. The first kappa shape index (κ1) is 14.2. The molecule has 0 spiro atoms. The summed E-state index contributed by atoms with van der Waals surface area (Å²) in [5.74, 6) is 1.37. The molecule has 1 amide bonds. The van der Waals surface area contributed by atoms with Crippen molar-refractivity contribution in [3.8, 4) is 0 Å². The number of nitrogens with zero attached hydrogens (tertiary/aromatic N) is 3. The van der Waals surface area contributed by atoms with Crippen molar-refractivity contribution in [2.45, 2.75) is 32.1 Å². The zero-order chi connectivity index (χ0) is 14.7. The van der Waals surface area contributed by atoms with Crippen LogP contribution in [0.25, 0.3) is 0 Å². The van der Waals surface area contributed by atoms with Gasteiger partial charge in [-0.3, -0.25) is 4.79 Å². The van der Waals surface area contributed by atoms with Crippen LogP contribution in [0.3, 0.4) is 0 Å². The van der Waals surface area contributed by atoms with Gasteiger partial charge in [-0.15, -0.1) is 0 Å². The second kappa shape index (κ2) is 6.35. The molecule has 1 saturated heterocycles. The van der Waals surface area contributed by atoms with Crippen LogP contribution >= 0.6 is 11.3 Å². The first-order chi connectivity index (χ1) is 10.2. The van der Waals surface area contributed by atoms with E-state index in [-0.39, 0.29) is 5.91 Å². The van der Waals surface area contributed by atoms with Gasteiger partial charge in [-0.1, -0.05) is 0 Å². The van der Waals surface area contributed by atoms with Crippen LogP contribution in [0.2, 0.25) is 0 Å². The second-order valence-electron chi connectivity index (χ2n) is 5.52. The lowest BCUT2D eigenvalue weighted by Crippen LogP contribution is -2.40. The normalized spacial score (nSPS) is 18.7. The van der Waals surface area contributed by atoms with Crippen molar-refractivity contribution in [2.24, 2.45) is 0 Å². The van der Waals surface area contributed by atoms with E-state index in [1.54, 1.807) is 11.3 Å². The number of aryl methyl sites for hydroxylation is 1. The Labute approximate surface area is 128 Å². The van der Waals surface area contributed by atoms with Gasteiger partial charge in [0.15, 0.2) is 0 Å². The summed E-state index contributed by atoms with van der Waals surface area (Å²) in [5.41, 5.74) is 2.18. The number of amides is 1. The number of hydrogen-bond acceptors (Lipinski definition) is 4. The lowest BCUT2D eigenvalue weighted by Gasteiger charge is -2.32. The maximum absolute atomic E-state index is 12.4. The zero-order valence-corrected chi connectivity index (χ0v) is 13.0. The average molecular weight is 301 g/mol. The van der Waals surface area contributed by atoms with Gasteiger partial charge in [0.05, 0.1) is 6.42 Å². The third kappa shape index (κ3) is 3.47.